The molecule has 2 aromatic carbocycles. The molecule has 2 N–H and O–H groups in total. The second kappa shape index (κ2) is 6.91. The first kappa shape index (κ1) is 18.4. The number of amides is 2. The summed E-state index contributed by atoms with van der Waals surface area (Å²) in [6.07, 6.45) is 2.41. The Kier molecular flexibility index (Phi) is 4.55. The van der Waals surface area contributed by atoms with Gasteiger partial charge in [-0.25, -0.2) is 13.2 Å². The van der Waals surface area contributed by atoms with Crippen LogP contribution in [0.2, 0.25) is 0 Å². The molecule has 0 aromatic heterocycles. The fourth-order valence-corrected chi connectivity index (χ4v) is 3.89. The molecule has 4 nitrogen and oxygen atoms in total. The van der Waals surface area contributed by atoms with Crippen molar-refractivity contribution in [2.75, 3.05) is 6.54 Å². The normalized spacial score (nSPS) is 21.7. The molecular weight excluding hydrogens is 369 g/mol. The molecule has 0 saturated carbocycles. The molecule has 1 aliphatic heterocycles. The van der Waals surface area contributed by atoms with Gasteiger partial charge in [-0.2, -0.15) is 0 Å². The Hall–Kier alpha value is -2.93. The van der Waals surface area contributed by atoms with Gasteiger partial charge in [-0.05, 0) is 36.6 Å². The van der Waals surface area contributed by atoms with E-state index in [4.69, 9.17) is 5.73 Å². The number of carbonyl (C=O) groups is 2. The molecule has 1 heterocycles. The predicted octanol–water partition coefficient (Wildman–Crippen LogP) is 3.53. The molecule has 144 valence electrons. The average Bonchev–Trinajstić information content (AvgIpc) is 2.91. The summed E-state index contributed by atoms with van der Waals surface area (Å²) in [7, 11) is 0. The molecule has 0 spiro atoms. The molecule has 0 saturated heterocycles. The lowest BCUT2D eigenvalue weighted by atomic mass is 9.80. The highest BCUT2D eigenvalue weighted by atomic mass is 19.2. The Morgan fingerprint density at radius 3 is 2.18 bits per heavy atom. The van der Waals surface area contributed by atoms with E-state index in [0.717, 1.165) is 11.6 Å². The van der Waals surface area contributed by atoms with Crippen molar-refractivity contribution in [2.45, 2.75) is 24.8 Å². The third-order valence-electron chi connectivity index (χ3n) is 5.35. The van der Waals surface area contributed by atoms with Crippen molar-refractivity contribution >= 4 is 11.8 Å². The molecule has 0 unspecified atom stereocenters. The zero-order chi connectivity index (χ0) is 20.0. The zero-order valence-electron chi connectivity index (χ0n) is 14.8. The summed E-state index contributed by atoms with van der Waals surface area (Å²) in [4.78, 5) is 26.1. The van der Waals surface area contributed by atoms with Crippen LogP contribution in [0.15, 0.2) is 48.0 Å². The summed E-state index contributed by atoms with van der Waals surface area (Å²) in [6.45, 7) is 0.104. The predicted molar refractivity (Wildman–Crippen MR) is 96.2 cm³/mol. The van der Waals surface area contributed by atoms with Crippen LogP contribution in [-0.4, -0.2) is 29.3 Å². The number of halogens is 3. The van der Waals surface area contributed by atoms with Crippen LogP contribution in [0.4, 0.5) is 13.2 Å². The molecule has 2 amide bonds. The van der Waals surface area contributed by atoms with E-state index >= 15 is 0 Å². The third-order valence-corrected chi connectivity index (χ3v) is 5.35. The minimum Gasteiger partial charge on any atom is -0.327 e. The van der Waals surface area contributed by atoms with E-state index in [0.29, 0.717) is 30.0 Å². The summed E-state index contributed by atoms with van der Waals surface area (Å²) in [5.74, 6) is -4.43. The number of allylic oxidation sites excluding steroid dienone is 1. The van der Waals surface area contributed by atoms with Crippen molar-refractivity contribution in [3.05, 3.63) is 82.2 Å². The van der Waals surface area contributed by atoms with Crippen LogP contribution >= 0.6 is 0 Å². The van der Waals surface area contributed by atoms with Crippen LogP contribution in [0, 0.1) is 17.5 Å². The van der Waals surface area contributed by atoms with Crippen molar-refractivity contribution in [2.24, 2.45) is 5.73 Å². The lowest BCUT2D eigenvalue weighted by molar-refractivity contribution is 0.0666. The van der Waals surface area contributed by atoms with Crippen LogP contribution in [0.25, 0.3) is 0 Å². The van der Waals surface area contributed by atoms with Gasteiger partial charge in [0.2, 0.25) is 0 Å². The lowest BCUT2D eigenvalue weighted by Gasteiger charge is -2.30. The molecule has 0 radical (unpaired) electrons. The van der Waals surface area contributed by atoms with E-state index in [2.05, 4.69) is 0 Å². The summed E-state index contributed by atoms with van der Waals surface area (Å²) in [5, 5.41) is 0. The molecule has 4 rings (SSSR count). The van der Waals surface area contributed by atoms with E-state index in [1.54, 1.807) is 30.3 Å². The highest BCUT2D eigenvalue weighted by Crippen LogP contribution is 2.35. The number of rotatable bonds is 3. The largest absolute Gasteiger partial charge is 0.327 e. The van der Waals surface area contributed by atoms with Gasteiger partial charge in [-0.3, -0.25) is 14.5 Å². The zero-order valence-corrected chi connectivity index (χ0v) is 14.8. The Morgan fingerprint density at radius 2 is 1.57 bits per heavy atom. The van der Waals surface area contributed by atoms with Gasteiger partial charge in [0.05, 0.1) is 17.7 Å². The van der Waals surface area contributed by atoms with Crippen LogP contribution in [0.1, 0.15) is 45.0 Å². The number of hydrogen-bond donors (Lipinski definition) is 1. The van der Waals surface area contributed by atoms with E-state index < -0.39 is 29.4 Å². The fourth-order valence-electron chi connectivity index (χ4n) is 3.89. The number of hydrogen-bond acceptors (Lipinski definition) is 3. The summed E-state index contributed by atoms with van der Waals surface area (Å²) >= 11 is 0. The molecule has 0 bridgehead atoms. The number of nitrogens with two attached hydrogens (primary N) is 1. The summed E-state index contributed by atoms with van der Waals surface area (Å²) in [6, 6.07) is 7.44. The minimum atomic E-state index is -1.24. The number of carbonyl (C=O) groups excluding carboxylic acids is 2. The van der Waals surface area contributed by atoms with Crippen molar-refractivity contribution in [3.63, 3.8) is 0 Å². The first-order valence-corrected chi connectivity index (χ1v) is 8.90. The average molecular weight is 386 g/mol. The van der Waals surface area contributed by atoms with Gasteiger partial charge in [0.15, 0.2) is 11.6 Å². The SMILES string of the molecule is N[C@H]1CC(CN2C(=O)c3ccccc3C2=O)=CC[C@@H]1c1cc(F)c(F)cc1F. The van der Waals surface area contributed by atoms with Crippen LogP contribution < -0.4 is 5.73 Å². The molecular formula is C21H17F3N2O2. The Bertz CT molecular complexity index is 984. The van der Waals surface area contributed by atoms with Gasteiger partial charge >= 0.3 is 0 Å². The lowest BCUT2D eigenvalue weighted by Crippen LogP contribution is -2.37. The van der Waals surface area contributed by atoms with Crippen molar-refractivity contribution in [1.29, 1.82) is 0 Å². The van der Waals surface area contributed by atoms with Gasteiger partial charge in [0, 0.05) is 18.0 Å². The Labute approximate surface area is 159 Å². The van der Waals surface area contributed by atoms with Crippen molar-refractivity contribution in [3.8, 4) is 0 Å². The topological polar surface area (TPSA) is 63.4 Å². The first-order valence-electron chi connectivity index (χ1n) is 8.90. The highest BCUT2D eigenvalue weighted by Gasteiger charge is 2.36. The Balaban J connectivity index is 1.53. The maximum absolute atomic E-state index is 14.1. The second-order valence-corrected chi connectivity index (χ2v) is 7.10. The second-order valence-electron chi connectivity index (χ2n) is 7.10. The van der Waals surface area contributed by atoms with Gasteiger partial charge in [-0.15, -0.1) is 0 Å². The first-order chi connectivity index (χ1) is 13.4. The maximum Gasteiger partial charge on any atom is 0.261 e. The van der Waals surface area contributed by atoms with Crippen molar-refractivity contribution in [1.82, 2.24) is 4.90 Å². The molecule has 7 heteroatoms. The molecule has 2 atom stereocenters. The quantitative estimate of drug-likeness (QED) is 0.499. The van der Waals surface area contributed by atoms with Crippen LogP contribution in [0.5, 0.6) is 0 Å². The van der Waals surface area contributed by atoms with Gasteiger partial charge < -0.3 is 5.73 Å². The summed E-state index contributed by atoms with van der Waals surface area (Å²) in [5.41, 5.74) is 7.72. The van der Waals surface area contributed by atoms with Crippen molar-refractivity contribution < 1.29 is 22.8 Å². The Morgan fingerprint density at radius 1 is 0.964 bits per heavy atom. The van der Waals surface area contributed by atoms with Gasteiger partial charge in [-0.1, -0.05) is 23.8 Å². The smallest absolute Gasteiger partial charge is 0.261 e. The monoisotopic (exact) mass is 386 g/mol. The molecule has 28 heavy (non-hydrogen) atoms. The van der Waals surface area contributed by atoms with E-state index in [-0.39, 0.29) is 23.9 Å². The number of fused-ring (bicyclic) bond motifs is 1. The van der Waals surface area contributed by atoms with Crippen LogP contribution in [-0.2, 0) is 0 Å². The standard InChI is InChI=1S/C21H17F3N2O2/c22-16-9-18(24)17(23)8-15(16)12-6-5-11(7-19(12)25)10-26-20(27)13-3-1-2-4-14(13)21(26)28/h1-5,8-9,12,19H,6-7,10,25H2/t12-,19+/m1/s1. The molecule has 2 aliphatic rings. The molecule has 1 aliphatic carbocycles. The highest BCUT2D eigenvalue weighted by molar-refractivity contribution is 6.21. The van der Waals surface area contributed by atoms with Gasteiger partial charge in [0.25, 0.3) is 11.8 Å². The van der Waals surface area contributed by atoms with Gasteiger partial charge in [0.1, 0.15) is 5.82 Å². The summed E-state index contributed by atoms with van der Waals surface area (Å²) < 4.78 is 40.8. The van der Waals surface area contributed by atoms with Crippen LogP contribution in [0.3, 0.4) is 0 Å². The molecule has 2 aromatic rings. The maximum atomic E-state index is 14.1. The van der Waals surface area contributed by atoms with E-state index in [1.165, 1.54) is 4.90 Å². The van der Waals surface area contributed by atoms with E-state index in [1.807, 2.05) is 0 Å². The number of benzene rings is 2. The van der Waals surface area contributed by atoms with E-state index in [9.17, 15) is 22.8 Å². The number of imide groups is 1. The minimum absolute atomic E-state index is 0.0300. The fraction of sp³-hybridized carbons (Fsp3) is 0.238. The molecule has 0 fully saturated rings. The third kappa shape index (κ3) is 3.01. The number of nitrogens with zero attached hydrogens (tertiary/aromatic N) is 1.